The van der Waals surface area contributed by atoms with Gasteiger partial charge in [0.05, 0.1) is 5.75 Å². The van der Waals surface area contributed by atoms with Crippen LogP contribution in [0.25, 0.3) is 0 Å². The van der Waals surface area contributed by atoms with Gasteiger partial charge >= 0.3 is 5.97 Å². The van der Waals surface area contributed by atoms with Gasteiger partial charge < -0.3 is 9.52 Å². The van der Waals surface area contributed by atoms with Crippen LogP contribution in [0.5, 0.6) is 0 Å². The zero-order valence-electron chi connectivity index (χ0n) is 9.24. The number of aryl methyl sites for hydroxylation is 1. The largest absolute Gasteiger partial charge is 0.480 e. The third-order valence-corrected chi connectivity index (χ3v) is 3.48. The molecule has 0 fully saturated rings. The summed E-state index contributed by atoms with van der Waals surface area (Å²) < 4.78 is 4.73. The molecule has 0 aromatic carbocycles. The van der Waals surface area contributed by atoms with Crippen molar-refractivity contribution in [3.8, 4) is 0 Å². The lowest BCUT2D eigenvalue weighted by molar-refractivity contribution is -0.138. The van der Waals surface area contributed by atoms with E-state index >= 15 is 0 Å². The van der Waals surface area contributed by atoms with Crippen LogP contribution in [0.15, 0.2) is 16.5 Å². The molecule has 4 heteroatoms. The van der Waals surface area contributed by atoms with Crippen LogP contribution < -0.4 is 0 Å². The summed E-state index contributed by atoms with van der Waals surface area (Å²) in [6.07, 6.45) is 0.868. The van der Waals surface area contributed by atoms with Gasteiger partial charge in [-0.1, -0.05) is 6.92 Å². The minimum Gasteiger partial charge on any atom is -0.480 e. The fraction of sp³-hybridized carbons (Fsp3) is 0.545. The molecule has 0 saturated heterocycles. The Morgan fingerprint density at radius 2 is 2.07 bits per heavy atom. The Balaban J connectivity index is 2.53. The van der Waals surface area contributed by atoms with Gasteiger partial charge in [0.2, 0.25) is 0 Å². The third kappa shape index (κ3) is 3.30. The number of hydrogen-bond acceptors (Lipinski definition) is 3. The molecule has 15 heavy (non-hydrogen) atoms. The van der Waals surface area contributed by atoms with Gasteiger partial charge in [-0.3, -0.25) is 4.79 Å². The maximum absolute atomic E-state index is 10.9. The number of carboxylic acid groups (broad SMARTS) is 1. The number of thioether (sulfide) groups is 1. The van der Waals surface area contributed by atoms with Crippen LogP contribution in [0.4, 0.5) is 0 Å². The second kappa shape index (κ2) is 4.75. The monoisotopic (exact) mass is 228 g/mol. The molecule has 1 rings (SSSR count). The van der Waals surface area contributed by atoms with E-state index in [2.05, 4.69) is 0 Å². The Morgan fingerprint density at radius 1 is 1.47 bits per heavy atom. The lowest BCUT2D eigenvalue weighted by atomic mass is 10.2. The second-order valence-corrected chi connectivity index (χ2v) is 5.42. The number of aliphatic carboxylic acids is 1. The average molecular weight is 228 g/mol. The van der Waals surface area contributed by atoms with Gasteiger partial charge in [0, 0.05) is 6.42 Å². The van der Waals surface area contributed by atoms with Crippen LogP contribution in [0, 0.1) is 0 Å². The van der Waals surface area contributed by atoms with E-state index in [-0.39, 0.29) is 0 Å². The van der Waals surface area contributed by atoms with E-state index in [9.17, 15) is 4.79 Å². The van der Waals surface area contributed by atoms with Crippen molar-refractivity contribution in [2.75, 3.05) is 0 Å². The Hall–Kier alpha value is -0.900. The molecule has 0 unspecified atom stereocenters. The highest BCUT2D eigenvalue weighted by molar-refractivity contribution is 8.00. The van der Waals surface area contributed by atoms with Crippen molar-refractivity contribution in [2.45, 2.75) is 37.7 Å². The first-order valence-corrected chi connectivity index (χ1v) is 5.89. The number of carbonyl (C=O) groups is 1. The summed E-state index contributed by atoms with van der Waals surface area (Å²) in [7, 11) is 0. The molecule has 0 saturated carbocycles. The molecule has 0 aliphatic carbocycles. The minimum atomic E-state index is -0.797. The Bertz CT molecular complexity index is 341. The van der Waals surface area contributed by atoms with Gasteiger partial charge in [0.1, 0.15) is 16.3 Å². The maximum atomic E-state index is 10.9. The highest BCUT2D eigenvalue weighted by Gasteiger charge is 2.27. The first-order chi connectivity index (χ1) is 6.95. The molecule has 0 aliphatic rings. The minimum absolute atomic E-state index is 0.597. The number of furan rings is 1. The Kier molecular flexibility index (Phi) is 3.85. The predicted molar refractivity (Wildman–Crippen MR) is 61.1 cm³/mol. The van der Waals surface area contributed by atoms with E-state index in [0.29, 0.717) is 5.75 Å². The molecule has 3 nitrogen and oxygen atoms in total. The van der Waals surface area contributed by atoms with Crippen LogP contribution in [-0.4, -0.2) is 15.8 Å². The molecule has 0 aliphatic heterocycles. The Morgan fingerprint density at radius 3 is 2.53 bits per heavy atom. The molecule has 0 radical (unpaired) electrons. The first-order valence-electron chi connectivity index (χ1n) is 4.90. The molecule has 1 aromatic rings. The molecule has 1 heterocycles. The zero-order chi connectivity index (χ0) is 11.5. The number of hydrogen-bond donors (Lipinski definition) is 1. The molecule has 1 N–H and O–H groups in total. The topological polar surface area (TPSA) is 50.4 Å². The lowest BCUT2D eigenvalue weighted by Crippen LogP contribution is -2.27. The molecule has 84 valence electrons. The summed E-state index contributed by atoms with van der Waals surface area (Å²) in [5.74, 6) is 1.58. The molecule has 0 atom stereocenters. The summed E-state index contributed by atoms with van der Waals surface area (Å²) in [5.41, 5.74) is 0. The van der Waals surface area contributed by atoms with E-state index in [4.69, 9.17) is 9.52 Å². The maximum Gasteiger partial charge on any atom is 0.319 e. The smallest absolute Gasteiger partial charge is 0.319 e. The van der Waals surface area contributed by atoms with Crippen molar-refractivity contribution in [2.24, 2.45) is 0 Å². The van der Waals surface area contributed by atoms with Crippen molar-refractivity contribution in [1.82, 2.24) is 0 Å². The molecule has 0 spiro atoms. The van der Waals surface area contributed by atoms with Crippen LogP contribution in [-0.2, 0) is 17.0 Å². The standard InChI is InChI=1S/C11H16O3S/c1-4-8-5-6-9(14-8)7-15-11(2,3)10(12)13/h5-6H,4,7H2,1-3H3,(H,12,13). The van der Waals surface area contributed by atoms with Crippen LogP contribution in [0.2, 0.25) is 0 Å². The van der Waals surface area contributed by atoms with Crippen molar-refractivity contribution in [1.29, 1.82) is 0 Å². The number of carboxylic acids is 1. The van der Waals surface area contributed by atoms with Gasteiger partial charge in [-0.25, -0.2) is 0 Å². The fourth-order valence-corrected chi connectivity index (χ4v) is 1.78. The lowest BCUT2D eigenvalue weighted by Gasteiger charge is -2.17. The van der Waals surface area contributed by atoms with E-state index < -0.39 is 10.7 Å². The van der Waals surface area contributed by atoms with Gasteiger partial charge in [-0.15, -0.1) is 11.8 Å². The fourth-order valence-electron chi connectivity index (χ4n) is 1.00. The van der Waals surface area contributed by atoms with E-state index in [0.717, 1.165) is 17.9 Å². The summed E-state index contributed by atoms with van der Waals surface area (Å²) in [6, 6.07) is 3.84. The summed E-state index contributed by atoms with van der Waals surface area (Å²) >= 11 is 1.37. The van der Waals surface area contributed by atoms with Crippen molar-refractivity contribution in [3.63, 3.8) is 0 Å². The molecule has 0 amide bonds. The van der Waals surface area contributed by atoms with E-state index in [1.165, 1.54) is 11.8 Å². The SMILES string of the molecule is CCc1ccc(CSC(C)(C)C(=O)O)o1. The zero-order valence-corrected chi connectivity index (χ0v) is 10.1. The third-order valence-electron chi connectivity index (χ3n) is 2.16. The molecular weight excluding hydrogens is 212 g/mol. The van der Waals surface area contributed by atoms with Crippen molar-refractivity contribution < 1.29 is 14.3 Å². The Labute approximate surface area is 93.9 Å². The van der Waals surface area contributed by atoms with Crippen LogP contribution in [0.1, 0.15) is 32.3 Å². The van der Waals surface area contributed by atoms with Gasteiger partial charge in [-0.2, -0.15) is 0 Å². The van der Waals surface area contributed by atoms with Gasteiger partial charge in [0.25, 0.3) is 0 Å². The molecule has 1 aromatic heterocycles. The van der Waals surface area contributed by atoms with Crippen molar-refractivity contribution >= 4 is 17.7 Å². The van der Waals surface area contributed by atoms with Crippen molar-refractivity contribution in [3.05, 3.63) is 23.7 Å². The number of rotatable bonds is 5. The van der Waals surface area contributed by atoms with Gasteiger partial charge in [-0.05, 0) is 26.0 Å². The van der Waals surface area contributed by atoms with Crippen LogP contribution in [0.3, 0.4) is 0 Å². The molecular formula is C11H16O3S. The summed E-state index contributed by atoms with van der Waals surface area (Å²) in [6.45, 7) is 5.42. The predicted octanol–water partition coefficient (Wildman–Crippen LogP) is 2.94. The van der Waals surface area contributed by atoms with Crippen LogP contribution >= 0.6 is 11.8 Å². The quantitative estimate of drug-likeness (QED) is 0.841. The summed E-state index contributed by atoms with van der Waals surface area (Å²) in [5, 5.41) is 8.92. The average Bonchev–Trinajstić information content (AvgIpc) is 2.62. The highest BCUT2D eigenvalue weighted by Crippen LogP contribution is 2.28. The second-order valence-electron chi connectivity index (χ2n) is 3.83. The highest BCUT2D eigenvalue weighted by atomic mass is 32.2. The molecule has 0 bridgehead atoms. The van der Waals surface area contributed by atoms with Gasteiger partial charge in [0.15, 0.2) is 0 Å². The first kappa shape index (κ1) is 12.2. The normalized spacial score (nSPS) is 11.7. The van der Waals surface area contributed by atoms with E-state index in [1.807, 2.05) is 19.1 Å². The van der Waals surface area contributed by atoms with E-state index in [1.54, 1.807) is 13.8 Å². The summed E-state index contributed by atoms with van der Waals surface area (Å²) in [4.78, 5) is 10.9.